The Kier molecular flexibility index (Phi) is 3.40. The zero-order chi connectivity index (χ0) is 14.3. The minimum Gasteiger partial charge on any atom is -0.366 e. The van der Waals surface area contributed by atoms with Crippen LogP contribution in [0.25, 0.3) is 0 Å². The first kappa shape index (κ1) is 14.0. The maximum Gasteiger partial charge on any atom is 0.148 e. The Morgan fingerprint density at radius 1 is 1.21 bits per heavy atom. The van der Waals surface area contributed by atoms with Gasteiger partial charge in [-0.2, -0.15) is 0 Å². The zero-order valence-electron chi connectivity index (χ0n) is 12.3. The quantitative estimate of drug-likeness (QED) is 0.623. The second-order valence-corrected chi connectivity index (χ2v) is 6.29. The molecule has 6 heteroatoms. The van der Waals surface area contributed by atoms with Gasteiger partial charge in [-0.25, -0.2) is 15.8 Å². The third kappa shape index (κ3) is 2.96. The summed E-state index contributed by atoms with van der Waals surface area (Å²) < 4.78 is 6.08. The highest BCUT2D eigenvalue weighted by Gasteiger charge is 2.39. The maximum atomic E-state index is 6.08. The Morgan fingerprint density at radius 2 is 1.79 bits per heavy atom. The fraction of sp³-hybridized carbons (Fsp3) is 0.692. The monoisotopic (exact) mass is 265 g/mol. The number of hydrogen-bond acceptors (Lipinski definition) is 6. The van der Waals surface area contributed by atoms with Gasteiger partial charge < -0.3 is 15.1 Å². The molecule has 2 heterocycles. The molecule has 19 heavy (non-hydrogen) atoms. The Labute approximate surface area is 114 Å². The third-order valence-corrected chi connectivity index (χ3v) is 3.19. The van der Waals surface area contributed by atoms with Gasteiger partial charge in [0.25, 0.3) is 0 Å². The number of anilines is 2. The predicted octanol–water partition coefficient (Wildman–Crippen LogP) is 1.46. The predicted molar refractivity (Wildman–Crippen MR) is 76.0 cm³/mol. The molecule has 0 unspecified atom stereocenters. The largest absolute Gasteiger partial charge is 0.366 e. The van der Waals surface area contributed by atoms with Gasteiger partial charge in [0.05, 0.1) is 11.2 Å². The summed E-state index contributed by atoms with van der Waals surface area (Å²) in [7, 11) is 0. The molecule has 1 fully saturated rings. The molecule has 0 saturated carbocycles. The smallest absolute Gasteiger partial charge is 0.148 e. The second-order valence-electron chi connectivity index (χ2n) is 6.29. The lowest BCUT2D eigenvalue weighted by molar-refractivity contribution is -0.133. The number of hydrazine groups is 1. The van der Waals surface area contributed by atoms with Crippen LogP contribution in [0.4, 0.5) is 11.6 Å². The molecule has 0 radical (unpaired) electrons. The van der Waals surface area contributed by atoms with Gasteiger partial charge in [-0.15, -0.1) is 0 Å². The third-order valence-electron chi connectivity index (χ3n) is 3.19. The molecule has 1 aliphatic rings. The van der Waals surface area contributed by atoms with Crippen LogP contribution in [0.2, 0.25) is 0 Å². The number of nitrogen functional groups attached to an aromatic ring is 1. The van der Waals surface area contributed by atoms with Crippen molar-refractivity contribution in [3.63, 3.8) is 0 Å². The molecule has 1 saturated heterocycles. The fourth-order valence-corrected chi connectivity index (χ4v) is 2.84. The number of nitrogens with zero attached hydrogens (tertiary/aromatic N) is 3. The lowest BCUT2D eigenvalue weighted by Crippen LogP contribution is -2.57. The molecule has 0 atom stereocenters. The number of hydrogen-bond donors (Lipinski definition) is 2. The van der Waals surface area contributed by atoms with Crippen molar-refractivity contribution >= 4 is 11.6 Å². The van der Waals surface area contributed by atoms with E-state index in [2.05, 4.69) is 48.0 Å². The van der Waals surface area contributed by atoms with Crippen molar-refractivity contribution in [1.29, 1.82) is 0 Å². The molecule has 106 valence electrons. The fourth-order valence-electron chi connectivity index (χ4n) is 2.84. The summed E-state index contributed by atoms with van der Waals surface area (Å²) in [5.41, 5.74) is 3.14. The summed E-state index contributed by atoms with van der Waals surface area (Å²) in [5, 5.41) is 0. The average molecular weight is 265 g/mol. The van der Waals surface area contributed by atoms with E-state index in [1.165, 1.54) is 6.33 Å². The summed E-state index contributed by atoms with van der Waals surface area (Å²) in [6.07, 6.45) is 1.53. The molecular weight excluding hydrogens is 242 g/mol. The van der Waals surface area contributed by atoms with E-state index in [1.54, 1.807) is 0 Å². The van der Waals surface area contributed by atoms with Crippen molar-refractivity contribution in [2.24, 2.45) is 5.84 Å². The SMILES string of the molecule is Cc1c(NN)ncnc1N1CC(C)(C)OC(C)(C)C1. The minimum absolute atomic E-state index is 0.213. The van der Waals surface area contributed by atoms with Gasteiger partial charge in [-0.1, -0.05) is 0 Å². The highest BCUT2D eigenvalue weighted by molar-refractivity contribution is 5.58. The standard InChI is InChI=1S/C13H23N5O/c1-9-10(17-14)15-8-16-11(9)18-6-12(2,3)19-13(4,5)7-18/h8H,6-7,14H2,1-5H3,(H,15,16,17). The molecule has 0 aromatic carbocycles. The van der Waals surface area contributed by atoms with Gasteiger partial charge in [0.2, 0.25) is 0 Å². The first-order valence-electron chi connectivity index (χ1n) is 6.47. The molecule has 0 bridgehead atoms. The van der Waals surface area contributed by atoms with E-state index in [9.17, 15) is 0 Å². The van der Waals surface area contributed by atoms with E-state index < -0.39 is 0 Å². The van der Waals surface area contributed by atoms with Gasteiger partial charge in [-0.05, 0) is 34.6 Å². The van der Waals surface area contributed by atoms with Gasteiger partial charge in [0.1, 0.15) is 18.0 Å². The van der Waals surface area contributed by atoms with Crippen LogP contribution in [0.1, 0.15) is 33.3 Å². The lowest BCUT2D eigenvalue weighted by Gasteiger charge is -2.47. The summed E-state index contributed by atoms with van der Waals surface area (Å²) in [5.74, 6) is 7.04. The van der Waals surface area contributed by atoms with Crippen molar-refractivity contribution < 1.29 is 4.74 Å². The Hall–Kier alpha value is -1.40. The van der Waals surface area contributed by atoms with Gasteiger partial charge in [0.15, 0.2) is 0 Å². The van der Waals surface area contributed by atoms with E-state index in [0.717, 1.165) is 24.5 Å². The van der Waals surface area contributed by atoms with Crippen molar-refractivity contribution in [1.82, 2.24) is 9.97 Å². The van der Waals surface area contributed by atoms with Crippen LogP contribution in [0.5, 0.6) is 0 Å². The number of rotatable bonds is 2. The zero-order valence-corrected chi connectivity index (χ0v) is 12.3. The van der Waals surface area contributed by atoms with Gasteiger partial charge in [-0.3, -0.25) is 0 Å². The van der Waals surface area contributed by atoms with Crippen molar-refractivity contribution in [2.45, 2.75) is 45.8 Å². The Bertz CT molecular complexity index is 456. The van der Waals surface area contributed by atoms with E-state index in [-0.39, 0.29) is 11.2 Å². The van der Waals surface area contributed by atoms with Crippen LogP contribution in [0.3, 0.4) is 0 Å². The number of aromatic nitrogens is 2. The van der Waals surface area contributed by atoms with Crippen LogP contribution >= 0.6 is 0 Å². The summed E-state index contributed by atoms with van der Waals surface area (Å²) in [6, 6.07) is 0. The molecule has 0 aliphatic carbocycles. The van der Waals surface area contributed by atoms with Crippen molar-refractivity contribution in [3.05, 3.63) is 11.9 Å². The Morgan fingerprint density at radius 3 is 2.32 bits per heavy atom. The van der Waals surface area contributed by atoms with Crippen LogP contribution in [-0.2, 0) is 4.74 Å². The summed E-state index contributed by atoms with van der Waals surface area (Å²) in [6.45, 7) is 11.9. The van der Waals surface area contributed by atoms with Gasteiger partial charge in [0, 0.05) is 18.7 Å². The van der Waals surface area contributed by atoms with E-state index in [4.69, 9.17) is 10.6 Å². The first-order valence-corrected chi connectivity index (χ1v) is 6.47. The minimum atomic E-state index is -0.213. The second kappa shape index (κ2) is 4.61. The maximum absolute atomic E-state index is 6.08. The van der Waals surface area contributed by atoms with Crippen LogP contribution in [0.15, 0.2) is 6.33 Å². The lowest BCUT2D eigenvalue weighted by atomic mass is 9.98. The van der Waals surface area contributed by atoms with Crippen molar-refractivity contribution in [2.75, 3.05) is 23.4 Å². The van der Waals surface area contributed by atoms with Crippen molar-refractivity contribution in [3.8, 4) is 0 Å². The molecule has 2 rings (SSSR count). The van der Waals surface area contributed by atoms with Crippen LogP contribution in [0, 0.1) is 6.92 Å². The normalized spacial score (nSPS) is 21.3. The van der Waals surface area contributed by atoms with E-state index in [0.29, 0.717) is 5.82 Å². The number of nitrogens with two attached hydrogens (primary N) is 1. The van der Waals surface area contributed by atoms with E-state index >= 15 is 0 Å². The average Bonchev–Trinajstić information content (AvgIpc) is 2.25. The summed E-state index contributed by atoms with van der Waals surface area (Å²) in [4.78, 5) is 10.8. The highest BCUT2D eigenvalue weighted by Crippen LogP contribution is 2.32. The summed E-state index contributed by atoms with van der Waals surface area (Å²) >= 11 is 0. The molecule has 1 aromatic rings. The first-order chi connectivity index (χ1) is 8.74. The van der Waals surface area contributed by atoms with E-state index in [1.807, 2.05) is 6.92 Å². The molecule has 3 N–H and O–H groups in total. The molecular formula is C13H23N5O. The molecule has 1 aliphatic heterocycles. The molecule has 0 amide bonds. The Balaban J connectivity index is 2.36. The number of ether oxygens (including phenoxy) is 1. The van der Waals surface area contributed by atoms with Crippen LogP contribution in [-0.4, -0.2) is 34.3 Å². The number of nitrogens with one attached hydrogen (secondary N) is 1. The molecule has 6 nitrogen and oxygen atoms in total. The number of morpholine rings is 1. The molecule has 0 spiro atoms. The highest BCUT2D eigenvalue weighted by atomic mass is 16.5. The topological polar surface area (TPSA) is 76.3 Å². The van der Waals surface area contributed by atoms with Crippen LogP contribution < -0.4 is 16.2 Å². The van der Waals surface area contributed by atoms with Gasteiger partial charge >= 0.3 is 0 Å². The molecule has 1 aromatic heterocycles.